The molecule has 0 unspecified atom stereocenters. The van der Waals surface area contributed by atoms with Crippen LogP contribution in [0.25, 0.3) is 0 Å². The molecule has 1 heterocycles. The Morgan fingerprint density at radius 2 is 1.77 bits per heavy atom. The molecule has 7 nitrogen and oxygen atoms in total. The molecule has 0 atom stereocenters. The van der Waals surface area contributed by atoms with Crippen LogP contribution in [0, 0.1) is 0 Å². The molecule has 3 rings (SSSR count). The molecule has 0 bridgehead atoms. The predicted octanol–water partition coefficient (Wildman–Crippen LogP) is 3.27. The van der Waals surface area contributed by atoms with Crippen LogP contribution in [0.1, 0.15) is 5.56 Å². The fourth-order valence-electron chi connectivity index (χ4n) is 3.53. The van der Waals surface area contributed by atoms with Gasteiger partial charge in [0.2, 0.25) is 0 Å². The first-order valence-electron chi connectivity index (χ1n) is 10.4. The normalized spacial score (nSPS) is 14.1. The van der Waals surface area contributed by atoms with Gasteiger partial charge in [0, 0.05) is 70.9 Å². The van der Waals surface area contributed by atoms with Gasteiger partial charge in [-0.25, -0.2) is 0 Å². The van der Waals surface area contributed by atoms with Gasteiger partial charge in [0.15, 0.2) is 5.96 Å². The highest BCUT2D eigenvalue weighted by molar-refractivity contribution is 14.0. The monoisotopic (exact) mass is 539 g/mol. The van der Waals surface area contributed by atoms with Gasteiger partial charge in [0.05, 0.1) is 13.7 Å². The summed E-state index contributed by atoms with van der Waals surface area (Å²) in [5, 5.41) is 6.83. The first-order valence-corrected chi connectivity index (χ1v) is 10.4. The molecule has 1 aliphatic rings. The maximum atomic E-state index is 5.35. The summed E-state index contributed by atoms with van der Waals surface area (Å²) < 4.78 is 10.4. The van der Waals surface area contributed by atoms with E-state index in [9.17, 15) is 0 Å². The number of hydrogen-bond donors (Lipinski definition) is 2. The third kappa shape index (κ3) is 7.46. The molecule has 0 spiro atoms. The lowest BCUT2D eigenvalue weighted by atomic mass is 10.2. The Morgan fingerprint density at radius 1 is 1.03 bits per heavy atom. The molecule has 0 amide bonds. The van der Waals surface area contributed by atoms with E-state index in [2.05, 4.69) is 61.8 Å². The van der Waals surface area contributed by atoms with E-state index in [1.54, 1.807) is 14.2 Å². The maximum Gasteiger partial charge on any atom is 0.194 e. The van der Waals surface area contributed by atoms with Crippen LogP contribution in [0.2, 0.25) is 0 Å². The summed E-state index contributed by atoms with van der Waals surface area (Å²) in [4.78, 5) is 9.19. The molecule has 0 radical (unpaired) electrons. The zero-order chi connectivity index (χ0) is 21.2. The molecule has 31 heavy (non-hydrogen) atoms. The highest BCUT2D eigenvalue weighted by Crippen LogP contribution is 2.22. The average molecular weight is 539 g/mol. The van der Waals surface area contributed by atoms with Crippen LogP contribution in [-0.2, 0) is 11.3 Å². The summed E-state index contributed by atoms with van der Waals surface area (Å²) in [5.41, 5.74) is 3.54. The van der Waals surface area contributed by atoms with Gasteiger partial charge in [-0.1, -0.05) is 18.2 Å². The molecule has 2 aromatic rings. The van der Waals surface area contributed by atoms with Gasteiger partial charge >= 0.3 is 0 Å². The first kappa shape index (κ1) is 25.1. The standard InChI is InChI=1S/C23H33N5O2.HI/c1-24-23(26-18-19-7-9-20(10-8-19)25-11-16-29-2)28-14-12-27(13-15-28)21-5-4-6-22(17-21)30-3;/h4-10,17,25H,11-16,18H2,1-3H3,(H,24,26);1H. The van der Waals surface area contributed by atoms with Crippen molar-refractivity contribution in [3.63, 3.8) is 0 Å². The lowest BCUT2D eigenvalue weighted by Crippen LogP contribution is -2.52. The zero-order valence-corrected chi connectivity index (χ0v) is 21.0. The summed E-state index contributed by atoms with van der Waals surface area (Å²) in [6.07, 6.45) is 0. The van der Waals surface area contributed by atoms with Crippen molar-refractivity contribution < 1.29 is 9.47 Å². The summed E-state index contributed by atoms with van der Waals surface area (Å²) in [5.74, 6) is 1.84. The van der Waals surface area contributed by atoms with Gasteiger partial charge in [-0.15, -0.1) is 24.0 Å². The topological polar surface area (TPSA) is 61.4 Å². The highest BCUT2D eigenvalue weighted by Gasteiger charge is 2.20. The van der Waals surface area contributed by atoms with Gasteiger partial charge in [-0.05, 0) is 29.8 Å². The number of nitrogens with one attached hydrogen (secondary N) is 2. The smallest absolute Gasteiger partial charge is 0.194 e. The third-order valence-corrected chi connectivity index (χ3v) is 5.25. The molecule has 8 heteroatoms. The number of halogens is 1. The largest absolute Gasteiger partial charge is 0.497 e. The van der Waals surface area contributed by atoms with Crippen molar-refractivity contribution in [2.24, 2.45) is 4.99 Å². The molecule has 2 N–H and O–H groups in total. The quantitative estimate of drug-likeness (QED) is 0.233. The molecule has 0 aromatic heterocycles. The van der Waals surface area contributed by atoms with Gasteiger partial charge in [-0.2, -0.15) is 0 Å². The number of piperazine rings is 1. The number of guanidine groups is 1. The van der Waals surface area contributed by atoms with E-state index in [1.165, 1.54) is 11.3 Å². The number of rotatable bonds is 8. The second kappa shape index (κ2) is 13.3. The second-order valence-electron chi connectivity index (χ2n) is 7.19. The van der Waals surface area contributed by atoms with E-state index in [0.29, 0.717) is 6.61 Å². The molecular formula is C23H34IN5O2. The van der Waals surface area contributed by atoms with Crippen LogP contribution in [0.4, 0.5) is 11.4 Å². The molecule has 1 saturated heterocycles. The summed E-state index contributed by atoms with van der Waals surface area (Å²) in [6.45, 7) is 6.03. The molecule has 170 valence electrons. The van der Waals surface area contributed by atoms with Crippen molar-refractivity contribution in [1.82, 2.24) is 10.2 Å². The number of ether oxygens (including phenoxy) is 2. The zero-order valence-electron chi connectivity index (χ0n) is 18.6. The summed E-state index contributed by atoms with van der Waals surface area (Å²) in [6, 6.07) is 16.7. The van der Waals surface area contributed by atoms with Crippen molar-refractivity contribution in [2.75, 3.05) is 70.8 Å². The Labute approximate surface area is 202 Å². The third-order valence-electron chi connectivity index (χ3n) is 5.25. The van der Waals surface area contributed by atoms with Gasteiger partial charge in [0.25, 0.3) is 0 Å². The van der Waals surface area contributed by atoms with Crippen molar-refractivity contribution >= 4 is 41.3 Å². The SMILES string of the molecule is CN=C(NCc1ccc(NCCOC)cc1)N1CCN(c2cccc(OC)c2)CC1.I. The van der Waals surface area contributed by atoms with Crippen LogP contribution in [0.15, 0.2) is 53.5 Å². The minimum Gasteiger partial charge on any atom is -0.497 e. The van der Waals surface area contributed by atoms with Gasteiger partial charge < -0.3 is 29.9 Å². The van der Waals surface area contributed by atoms with Crippen LogP contribution in [-0.4, -0.2) is 71.5 Å². The fourth-order valence-corrected chi connectivity index (χ4v) is 3.53. The highest BCUT2D eigenvalue weighted by atomic mass is 127. The van der Waals surface area contributed by atoms with E-state index >= 15 is 0 Å². The first-order chi connectivity index (χ1) is 14.7. The Bertz CT molecular complexity index is 808. The maximum absolute atomic E-state index is 5.35. The van der Waals surface area contributed by atoms with Crippen molar-refractivity contribution in [3.8, 4) is 5.75 Å². The number of hydrogen-bond acceptors (Lipinski definition) is 5. The molecule has 2 aromatic carbocycles. The van der Waals surface area contributed by atoms with Crippen LogP contribution < -0.4 is 20.3 Å². The van der Waals surface area contributed by atoms with Gasteiger partial charge in [-0.3, -0.25) is 4.99 Å². The Morgan fingerprint density at radius 3 is 2.42 bits per heavy atom. The van der Waals surface area contributed by atoms with E-state index in [-0.39, 0.29) is 24.0 Å². The Hall–Kier alpha value is -2.20. The lowest BCUT2D eigenvalue weighted by Gasteiger charge is -2.37. The fraction of sp³-hybridized carbons (Fsp3) is 0.435. The Kier molecular flexibility index (Phi) is 10.7. The van der Waals surface area contributed by atoms with E-state index in [1.807, 2.05) is 19.2 Å². The van der Waals surface area contributed by atoms with Crippen molar-refractivity contribution in [2.45, 2.75) is 6.54 Å². The summed E-state index contributed by atoms with van der Waals surface area (Å²) in [7, 11) is 5.26. The number of nitrogens with zero attached hydrogens (tertiary/aromatic N) is 3. The van der Waals surface area contributed by atoms with Crippen molar-refractivity contribution in [1.29, 1.82) is 0 Å². The molecule has 1 aliphatic heterocycles. The average Bonchev–Trinajstić information content (AvgIpc) is 2.81. The van der Waals surface area contributed by atoms with E-state index < -0.39 is 0 Å². The van der Waals surface area contributed by atoms with E-state index in [0.717, 1.165) is 56.7 Å². The minimum absolute atomic E-state index is 0. The molecule has 0 saturated carbocycles. The van der Waals surface area contributed by atoms with Gasteiger partial charge in [0.1, 0.15) is 5.75 Å². The van der Waals surface area contributed by atoms with Crippen LogP contribution in [0.3, 0.4) is 0 Å². The lowest BCUT2D eigenvalue weighted by molar-refractivity contribution is 0.211. The minimum atomic E-state index is 0. The molecule has 1 fully saturated rings. The Balaban J connectivity index is 0.00000341. The molecule has 0 aliphatic carbocycles. The van der Waals surface area contributed by atoms with Crippen LogP contribution >= 0.6 is 24.0 Å². The summed E-state index contributed by atoms with van der Waals surface area (Å²) >= 11 is 0. The molecular weight excluding hydrogens is 505 g/mol. The number of methoxy groups -OCH3 is 2. The van der Waals surface area contributed by atoms with Crippen LogP contribution in [0.5, 0.6) is 5.75 Å². The number of anilines is 2. The number of benzene rings is 2. The predicted molar refractivity (Wildman–Crippen MR) is 139 cm³/mol. The van der Waals surface area contributed by atoms with E-state index in [4.69, 9.17) is 9.47 Å². The second-order valence-corrected chi connectivity index (χ2v) is 7.19. The number of aliphatic imine (C=N–C) groups is 1. The van der Waals surface area contributed by atoms with Crippen molar-refractivity contribution in [3.05, 3.63) is 54.1 Å².